The number of amides is 2. The van der Waals surface area contributed by atoms with Gasteiger partial charge in [-0.05, 0) is 43.3 Å². The van der Waals surface area contributed by atoms with Crippen molar-refractivity contribution in [2.45, 2.75) is 12.2 Å². The minimum atomic E-state index is -0.611. The maximum atomic E-state index is 12.9. The number of carbonyl (C=O) groups is 2. The van der Waals surface area contributed by atoms with Crippen molar-refractivity contribution in [3.8, 4) is 17.6 Å². The summed E-state index contributed by atoms with van der Waals surface area (Å²) >= 11 is 1.18. The number of nitrogens with zero attached hydrogens (tertiary/aromatic N) is 2. The van der Waals surface area contributed by atoms with Crippen LogP contribution in [0.3, 0.4) is 0 Å². The van der Waals surface area contributed by atoms with Crippen LogP contribution in [0.5, 0.6) is 11.5 Å². The highest BCUT2D eigenvalue weighted by Crippen LogP contribution is 2.41. The molecule has 0 bridgehead atoms. The molecule has 0 aliphatic carbocycles. The summed E-state index contributed by atoms with van der Waals surface area (Å²) in [5.41, 5.74) is 0.849. The van der Waals surface area contributed by atoms with Crippen LogP contribution in [0, 0.1) is 11.3 Å². The molecule has 1 atom stereocenters. The third kappa shape index (κ3) is 4.05. The van der Waals surface area contributed by atoms with Crippen molar-refractivity contribution >= 4 is 35.0 Å². The normalized spacial score (nSPS) is 17.5. The average Bonchev–Trinajstić information content (AvgIpc) is 3.03. The van der Waals surface area contributed by atoms with Gasteiger partial charge in [0.25, 0.3) is 5.91 Å². The molecule has 3 rings (SSSR count). The highest BCUT2D eigenvalue weighted by molar-refractivity contribution is 8.05. The van der Waals surface area contributed by atoms with E-state index < -0.39 is 11.2 Å². The number of hydrogen-bond acceptors (Lipinski definition) is 6. The van der Waals surface area contributed by atoms with Gasteiger partial charge in [-0.15, -0.1) is 0 Å². The fraction of sp³-hybridized carbons (Fsp3) is 0.190. The molecule has 1 unspecified atom stereocenters. The number of para-hydroxylation sites is 2. The number of hydrogen-bond donors (Lipinski definition) is 1. The van der Waals surface area contributed by atoms with Crippen molar-refractivity contribution in [2.75, 3.05) is 24.4 Å². The quantitative estimate of drug-likeness (QED) is 0.600. The number of rotatable bonds is 5. The maximum Gasteiger partial charge on any atom is 0.269 e. The molecule has 1 aliphatic rings. The van der Waals surface area contributed by atoms with Crippen LogP contribution in [0.15, 0.2) is 59.1 Å². The standard InChI is InChI=1S/C21H19N3O4S/c1-13-20(26)24(14-8-10-15(27-2)11-9-14)21(29-13)16(12-22)19(25)23-17-6-4-5-7-18(17)28-3/h4-11,13H,1-3H3,(H,23,25)/b21-16-. The third-order valence-electron chi connectivity index (χ3n) is 4.30. The number of benzene rings is 2. The molecule has 148 valence electrons. The highest BCUT2D eigenvalue weighted by Gasteiger charge is 2.38. The Labute approximate surface area is 172 Å². The molecule has 0 aromatic heterocycles. The van der Waals surface area contributed by atoms with Crippen LogP contribution in [0.4, 0.5) is 11.4 Å². The summed E-state index contributed by atoms with van der Waals surface area (Å²) in [7, 11) is 3.04. The summed E-state index contributed by atoms with van der Waals surface area (Å²) in [5, 5.41) is 12.3. The first kappa shape index (κ1) is 20.3. The fourth-order valence-corrected chi connectivity index (χ4v) is 3.93. The number of carbonyl (C=O) groups excluding carboxylic acids is 2. The average molecular weight is 409 g/mol. The topological polar surface area (TPSA) is 91.7 Å². The molecule has 29 heavy (non-hydrogen) atoms. The second-order valence-electron chi connectivity index (χ2n) is 6.08. The molecule has 0 radical (unpaired) electrons. The number of anilines is 2. The number of methoxy groups -OCH3 is 2. The summed E-state index contributed by atoms with van der Waals surface area (Å²) in [6.45, 7) is 1.74. The van der Waals surface area contributed by atoms with Gasteiger partial charge >= 0.3 is 0 Å². The summed E-state index contributed by atoms with van der Waals surface area (Å²) < 4.78 is 10.4. The lowest BCUT2D eigenvalue weighted by Gasteiger charge is -2.19. The third-order valence-corrected chi connectivity index (χ3v) is 5.46. The Morgan fingerprint density at radius 1 is 1.14 bits per heavy atom. The predicted molar refractivity (Wildman–Crippen MR) is 112 cm³/mol. The molecule has 1 saturated heterocycles. The van der Waals surface area contributed by atoms with E-state index in [1.54, 1.807) is 62.6 Å². The van der Waals surface area contributed by atoms with E-state index in [-0.39, 0.29) is 11.5 Å². The van der Waals surface area contributed by atoms with Crippen LogP contribution in [-0.2, 0) is 9.59 Å². The van der Waals surface area contributed by atoms with Gasteiger partial charge in [-0.2, -0.15) is 5.26 Å². The lowest BCUT2D eigenvalue weighted by Crippen LogP contribution is -2.29. The van der Waals surface area contributed by atoms with E-state index in [0.717, 1.165) is 0 Å². The van der Waals surface area contributed by atoms with Gasteiger partial charge in [0.05, 0.1) is 25.2 Å². The highest BCUT2D eigenvalue weighted by atomic mass is 32.2. The van der Waals surface area contributed by atoms with Crippen LogP contribution in [0.1, 0.15) is 6.92 Å². The van der Waals surface area contributed by atoms with E-state index in [9.17, 15) is 14.9 Å². The predicted octanol–water partition coefficient (Wildman–Crippen LogP) is 3.55. The maximum absolute atomic E-state index is 12.9. The molecule has 2 aromatic carbocycles. The van der Waals surface area contributed by atoms with E-state index in [1.807, 2.05) is 6.07 Å². The molecular formula is C21H19N3O4S. The molecular weight excluding hydrogens is 390 g/mol. The lowest BCUT2D eigenvalue weighted by atomic mass is 10.2. The Kier molecular flexibility index (Phi) is 6.10. The smallest absolute Gasteiger partial charge is 0.269 e. The van der Waals surface area contributed by atoms with Crippen molar-refractivity contribution in [3.63, 3.8) is 0 Å². The number of nitriles is 1. The Morgan fingerprint density at radius 3 is 2.45 bits per heavy atom. The number of ether oxygens (including phenoxy) is 2. The van der Waals surface area contributed by atoms with Crippen molar-refractivity contribution in [2.24, 2.45) is 0 Å². The van der Waals surface area contributed by atoms with E-state index in [2.05, 4.69) is 5.32 Å². The van der Waals surface area contributed by atoms with Crippen molar-refractivity contribution in [3.05, 3.63) is 59.1 Å². The molecule has 8 heteroatoms. The van der Waals surface area contributed by atoms with Gasteiger partial charge in [0.1, 0.15) is 28.2 Å². The molecule has 2 amide bonds. The summed E-state index contributed by atoms with van der Waals surface area (Å²) in [4.78, 5) is 27.0. The van der Waals surface area contributed by atoms with Crippen LogP contribution in [-0.4, -0.2) is 31.3 Å². The minimum absolute atomic E-state index is 0.144. The summed E-state index contributed by atoms with van der Waals surface area (Å²) in [6, 6.07) is 15.7. The fourth-order valence-electron chi connectivity index (χ4n) is 2.83. The molecule has 0 saturated carbocycles. The molecule has 1 aliphatic heterocycles. The summed E-state index contributed by atoms with van der Waals surface area (Å²) in [5.74, 6) is 0.299. The first-order valence-electron chi connectivity index (χ1n) is 8.73. The molecule has 1 fully saturated rings. The molecule has 7 nitrogen and oxygen atoms in total. The zero-order chi connectivity index (χ0) is 21.0. The van der Waals surface area contributed by atoms with Gasteiger partial charge in [0.15, 0.2) is 0 Å². The Morgan fingerprint density at radius 2 is 1.83 bits per heavy atom. The second-order valence-corrected chi connectivity index (χ2v) is 7.41. The van der Waals surface area contributed by atoms with Crippen LogP contribution in [0.25, 0.3) is 0 Å². The number of nitrogens with one attached hydrogen (secondary N) is 1. The van der Waals surface area contributed by atoms with Crippen LogP contribution in [0.2, 0.25) is 0 Å². The van der Waals surface area contributed by atoms with Gasteiger partial charge < -0.3 is 14.8 Å². The van der Waals surface area contributed by atoms with E-state index >= 15 is 0 Å². The Bertz CT molecular complexity index is 1010. The van der Waals surface area contributed by atoms with E-state index in [4.69, 9.17) is 9.47 Å². The van der Waals surface area contributed by atoms with Gasteiger partial charge in [-0.1, -0.05) is 23.9 Å². The van der Waals surface area contributed by atoms with Crippen molar-refractivity contribution in [1.29, 1.82) is 5.26 Å². The van der Waals surface area contributed by atoms with Crippen LogP contribution < -0.4 is 19.7 Å². The first-order chi connectivity index (χ1) is 14.0. The SMILES string of the molecule is COc1ccc(N2C(=O)C(C)S/C2=C(/C#N)C(=O)Nc2ccccc2OC)cc1. The Balaban J connectivity index is 2.00. The van der Waals surface area contributed by atoms with Crippen LogP contribution >= 0.6 is 11.8 Å². The molecule has 1 N–H and O–H groups in total. The van der Waals surface area contributed by atoms with Gasteiger partial charge in [0, 0.05) is 5.69 Å². The monoisotopic (exact) mass is 409 g/mol. The first-order valence-corrected chi connectivity index (χ1v) is 9.61. The van der Waals surface area contributed by atoms with Crippen molar-refractivity contribution in [1.82, 2.24) is 0 Å². The molecule has 2 aromatic rings. The zero-order valence-electron chi connectivity index (χ0n) is 16.1. The Hall–Kier alpha value is -3.44. The minimum Gasteiger partial charge on any atom is -0.497 e. The van der Waals surface area contributed by atoms with E-state index in [0.29, 0.717) is 27.9 Å². The van der Waals surface area contributed by atoms with Crippen molar-refractivity contribution < 1.29 is 19.1 Å². The lowest BCUT2D eigenvalue weighted by molar-refractivity contribution is -0.116. The van der Waals surface area contributed by atoms with Gasteiger partial charge in [0.2, 0.25) is 5.91 Å². The zero-order valence-corrected chi connectivity index (χ0v) is 16.9. The molecule has 1 heterocycles. The largest absolute Gasteiger partial charge is 0.497 e. The van der Waals surface area contributed by atoms with E-state index in [1.165, 1.54) is 23.8 Å². The summed E-state index contributed by atoms with van der Waals surface area (Å²) in [6.07, 6.45) is 0. The second kappa shape index (κ2) is 8.71. The number of thioether (sulfide) groups is 1. The van der Waals surface area contributed by atoms with Gasteiger partial charge in [-0.25, -0.2) is 0 Å². The van der Waals surface area contributed by atoms with Gasteiger partial charge in [-0.3, -0.25) is 14.5 Å². The molecule has 0 spiro atoms.